The van der Waals surface area contributed by atoms with Crippen LogP contribution in [0.2, 0.25) is 0 Å². The smallest absolute Gasteiger partial charge is 0.120 e. The first-order valence-electron chi connectivity index (χ1n) is 4.85. The van der Waals surface area contributed by atoms with Crippen LogP contribution in [0, 0.1) is 0 Å². The molecule has 1 aromatic carbocycles. The summed E-state index contributed by atoms with van der Waals surface area (Å²) in [6, 6.07) is 7.88. The predicted octanol–water partition coefficient (Wildman–Crippen LogP) is 2.71. The van der Waals surface area contributed by atoms with Crippen molar-refractivity contribution in [1.29, 1.82) is 0 Å². The molecule has 14 heavy (non-hydrogen) atoms. The molecule has 0 unspecified atom stereocenters. The van der Waals surface area contributed by atoms with Gasteiger partial charge in [-0.3, -0.25) is 0 Å². The second-order valence-corrected chi connectivity index (χ2v) is 4.83. The van der Waals surface area contributed by atoms with Crippen LogP contribution in [0.3, 0.4) is 0 Å². The van der Waals surface area contributed by atoms with Crippen LogP contribution in [-0.4, -0.2) is 12.1 Å². The first kappa shape index (κ1) is 9.99. The first-order valence-corrected chi connectivity index (χ1v) is 5.65. The van der Waals surface area contributed by atoms with Crippen LogP contribution in [0.4, 0.5) is 0 Å². The van der Waals surface area contributed by atoms with Crippen LogP contribution in [0.5, 0.6) is 5.75 Å². The Morgan fingerprint density at radius 3 is 2.86 bits per heavy atom. The normalized spacial score (nSPS) is 17.9. The number of hydrogen-bond donors (Lipinski definition) is 1. The molecule has 2 nitrogen and oxygen atoms in total. The van der Waals surface area contributed by atoms with Gasteiger partial charge in [-0.25, -0.2) is 0 Å². The van der Waals surface area contributed by atoms with Gasteiger partial charge in [0.1, 0.15) is 5.75 Å². The van der Waals surface area contributed by atoms with Crippen molar-refractivity contribution >= 4 is 15.9 Å². The highest BCUT2D eigenvalue weighted by Gasteiger charge is 2.37. The third kappa shape index (κ3) is 2.72. The molecule has 2 N–H and O–H groups in total. The van der Waals surface area contributed by atoms with Gasteiger partial charge in [0.2, 0.25) is 0 Å². The van der Waals surface area contributed by atoms with Crippen molar-refractivity contribution in [2.75, 3.05) is 6.61 Å². The van der Waals surface area contributed by atoms with Gasteiger partial charge in [0, 0.05) is 10.0 Å². The van der Waals surface area contributed by atoms with E-state index >= 15 is 0 Å². The molecule has 1 fully saturated rings. The highest BCUT2D eigenvalue weighted by molar-refractivity contribution is 9.10. The average Bonchev–Trinajstić information content (AvgIpc) is 2.84. The zero-order valence-corrected chi connectivity index (χ0v) is 9.59. The molecule has 3 heteroatoms. The summed E-state index contributed by atoms with van der Waals surface area (Å²) in [5, 5.41) is 0. The van der Waals surface area contributed by atoms with Crippen molar-refractivity contribution < 1.29 is 4.74 Å². The first-order chi connectivity index (χ1) is 6.68. The summed E-state index contributed by atoms with van der Waals surface area (Å²) >= 11 is 3.40. The van der Waals surface area contributed by atoms with Crippen LogP contribution < -0.4 is 10.5 Å². The van der Waals surface area contributed by atoms with E-state index in [0.29, 0.717) is 6.61 Å². The monoisotopic (exact) mass is 255 g/mol. The Bertz CT molecular complexity index is 323. The summed E-state index contributed by atoms with van der Waals surface area (Å²) < 4.78 is 6.64. The summed E-state index contributed by atoms with van der Waals surface area (Å²) in [7, 11) is 0. The fraction of sp³-hybridized carbons (Fsp3) is 0.455. The highest BCUT2D eigenvalue weighted by atomic mass is 79.9. The molecule has 1 saturated carbocycles. The van der Waals surface area contributed by atoms with Crippen LogP contribution in [0.25, 0.3) is 0 Å². The van der Waals surface area contributed by atoms with E-state index in [2.05, 4.69) is 15.9 Å². The molecule has 0 saturated heterocycles. The van der Waals surface area contributed by atoms with Gasteiger partial charge in [0.15, 0.2) is 0 Å². The Hall–Kier alpha value is -0.540. The molecule has 0 bridgehead atoms. The van der Waals surface area contributed by atoms with E-state index in [4.69, 9.17) is 10.5 Å². The Morgan fingerprint density at radius 2 is 2.21 bits per heavy atom. The zero-order chi connectivity index (χ0) is 10.0. The molecule has 0 amide bonds. The summed E-state index contributed by atoms with van der Waals surface area (Å²) in [4.78, 5) is 0. The molecular weight excluding hydrogens is 242 g/mol. The minimum atomic E-state index is 0.0893. The molecule has 76 valence electrons. The van der Waals surface area contributed by atoms with Crippen molar-refractivity contribution in [3.63, 3.8) is 0 Å². The van der Waals surface area contributed by atoms with E-state index in [-0.39, 0.29) is 5.54 Å². The Labute approximate surface area is 92.6 Å². The quantitative estimate of drug-likeness (QED) is 0.898. The number of nitrogens with two attached hydrogens (primary N) is 1. The molecule has 2 rings (SSSR count). The number of rotatable bonds is 4. The second-order valence-electron chi connectivity index (χ2n) is 3.92. The maximum absolute atomic E-state index is 5.95. The maximum Gasteiger partial charge on any atom is 0.120 e. The molecule has 0 aromatic heterocycles. The fourth-order valence-corrected chi connectivity index (χ4v) is 1.72. The molecule has 1 aliphatic rings. The number of ether oxygens (including phenoxy) is 1. The van der Waals surface area contributed by atoms with Crippen molar-refractivity contribution in [3.8, 4) is 5.75 Å². The zero-order valence-electron chi connectivity index (χ0n) is 8.00. The summed E-state index contributed by atoms with van der Waals surface area (Å²) in [5.41, 5.74) is 6.04. The van der Waals surface area contributed by atoms with Crippen LogP contribution in [0.1, 0.15) is 19.3 Å². The van der Waals surface area contributed by atoms with Gasteiger partial charge in [-0.1, -0.05) is 22.0 Å². The Morgan fingerprint density at radius 1 is 1.43 bits per heavy atom. The summed E-state index contributed by atoms with van der Waals surface area (Å²) in [6.07, 6.45) is 3.25. The standard InChI is InChI=1S/C11H14BrNO/c12-9-2-1-3-10(8-9)14-7-6-11(13)4-5-11/h1-3,8H,4-7,13H2. The SMILES string of the molecule is NC1(CCOc2cccc(Br)c2)CC1. The molecular formula is C11H14BrNO. The average molecular weight is 256 g/mol. The number of hydrogen-bond acceptors (Lipinski definition) is 2. The van der Waals surface area contributed by atoms with Gasteiger partial charge in [-0.05, 0) is 37.5 Å². The van der Waals surface area contributed by atoms with Crippen molar-refractivity contribution in [2.45, 2.75) is 24.8 Å². The minimum Gasteiger partial charge on any atom is -0.493 e. The van der Waals surface area contributed by atoms with Gasteiger partial charge in [-0.15, -0.1) is 0 Å². The molecule has 0 radical (unpaired) electrons. The van der Waals surface area contributed by atoms with Gasteiger partial charge >= 0.3 is 0 Å². The van der Waals surface area contributed by atoms with Crippen molar-refractivity contribution in [3.05, 3.63) is 28.7 Å². The predicted molar refractivity (Wildman–Crippen MR) is 60.4 cm³/mol. The highest BCUT2D eigenvalue weighted by Crippen LogP contribution is 2.35. The van der Waals surface area contributed by atoms with E-state index in [1.54, 1.807) is 0 Å². The van der Waals surface area contributed by atoms with E-state index in [1.165, 1.54) is 0 Å². The third-order valence-electron chi connectivity index (χ3n) is 2.56. The van der Waals surface area contributed by atoms with E-state index in [0.717, 1.165) is 29.5 Å². The van der Waals surface area contributed by atoms with Crippen LogP contribution in [-0.2, 0) is 0 Å². The van der Waals surface area contributed by atoms with Crippen molar-refractivity contribution in [2.24, 2.45) is 5.73 Å². The largest absolute Gasteiger partial charge is 0.493 e. The summed E-state index contributed by atoms with van der Waals surface area (Å²) in [6.45, 7) is 0.715. The van der Waals surface area contributed by atoms with Gasteiger partial charge in [-0.2, -0.15) is 0 Å². The molecule has 1 aromatic rings. The molecule has 1 aliphatic carbocycles. The molecule has 0 atom stereocenters. The van der Waals surface area contributed by atoms with Gasteiger partial charge in [0.05, 0.1) is 6.61 Å². The van der Waals surface area contributed by atoms with Crippen LogP contribution in [0.15, 0.2) is 28.7 Å². The lowest BCUT2D eigenvalue weighted by atomic mass is 10.2. The van der Waals surface area contributed by atoms with Crippen molar-refractivity contribution in [1.82, 2.24) is 0 Å². The molecule has 0 aliphatic heterocycles. The minimum absolute atomic E-state index is 0.0893. The maximum atomic E-state index is 5.95. The number of benzene rings is 1. The fourth-order valence-electron chi connectivity index (χ4n) is 1.34. The topological polar surface area (TPSA) is 35.2 Å². The molecule has 0 spiro atoms. The van der Waals surface area contributed by atoms with E-state index < -0.39 is 0 Å². The number of halogens is 1. The lowest BCUT2D eigenvalue weighted by molar-refractivity contribution is 0.293. The lowest BCUT2D eigenvalue weighted by Crippen LogP contribution is -2.24. The molecule has 0 heterocycles. The van der Waals surface area contributed by atoms with Gasteiger partial charge < -0.3 is 10.5 Å². The summed E-state index contributed by atoms with van der Waals surface area (Å²) in [5.74, 6) is 0.906. The Balaban J connectivity index is 1.80. The third-order valence-corrected chi connectivity index (χ3v) is 3.05. The Kier molecular flexibility index (Phi) is 2.79. The van der Waals surface area contributed by atoms with E-state index in [1.807, 2.05) is 24.3 Å². The lowest BCUT2D eigenvalue weighted by Gasteiger charge is -2.10. The van der Waals surface area contributed by atoms with E-state index in [9.17, 15) is 0 Å². The van der Waals surface area contributed by atoms with Crippen LogP contribution >= 0.6 is 15.9 Å². The van der Waals surface area contributed by atoms with Gasteiger partial charge in [0.25, 0.3) is 0 Å². The second kappa shape index (κ2) is 3.91.